The minimum Gasteiger partial charge on any atom is -0.303 e. The average molecular weight is 310 g/mol. The minimum atomic E-state index is -1.92. The highest BCUT2D eigenvalue weighted by Crippen LogP contribution is 2.12. The number of nitrogens with one attached hydrogen (secondary N) is 1. The lowest BCUT2D eigenvalue weighted by Crippen LogP contribution is -2.43. The first-order valence-electron chi connectivity index (χ1n) is 7.33. The monoisotopic (exact) mass is 310 g/mol. The van der Waals surface area contributed by atoms with E-state index in [1.807, 2.05) is 30.3 Å². The number of carbonyl (C=O) groups excluding carboxylic acids is 1. The van der Waals surface area contributed by atoms with E-state index in [-0.39, 0.29) is 11.8 Å². The fourth-order valence-electron chi connectivity index (χ4n) is 2.65. The maximum Gasteiger partial charge on any atom is 0.231 e. The zero-order chi connectivity index (χ0) is 15.1. The van der Waals surface area contributed by atoms with E-state index in [1.54, 1.807) is 0 Å². The van der Waals surface area contributed by atoms with Gasteiger partial charge in [-0.2, -0.15) is 0 Å². The Morgan fingerprint density at radius 2 is 1.95 bits per heavy atom. The summed E-state index contributed by atoms with van der Waals surface area (Å²) < 4.78 is 22.1. The summed E-state index contributed by atoms with van der Waals surface area (Å²) in [6.07, 6.45) is 3.18. The van der Waals surface area contributed by atoms with Crippen LogP contribution >= 0.6 is 0 Å². The van der Waals surface area contributed by atoms with Gasteiger partial charge in [0.1, 0.15) is 0 Å². The van der Waals surface area contributed by atoms with Crippen LogP contribution in [0.1, 0.15) is 36.0 Å². The SMILES string of the molecule is O=C(CCCN1CCC(NS(=O)O)CC1)c1ccccc1. The fraction of sp³-hybridized carbons (Fsp3) is 0.533. The standard InChI is InChI=1S/C15H22N2O3S/c18-15(13-5-2-1-3-6-13)7-4-10-17-11-8-14(9-12-17)16-21(19)20/h1-3,5-6,14,16H,4,7-12H2,(H,19,20). The molecule has 1 aromatic rings. The second kappa shape index (κ2) is 8.38. The molecule has 1 atom stereocenters. The number of benzene rings is 1. The molecule has 0 spiro atoms. The lowest BCUT2D eigenvalue weighted by atomic mass is 10.0. The van der Waals surface area contributed by atoms with E-state index < -0.39 is 11.3 Å². The fourth-order valence-corrected chi connectivity index (χ4v) is 3.17. The number of rotatable bonds is 7. The Morgan fingerprint density at radius 1 is 1.29 bits per heavy atom. The topological polar surface area (TPSA) is 69.6 Å². The first-order valence-corrected chi connectivity index (χ1v) is 8.43. The van der Waals surface area contributed by atoms with E-state index in [9.17, 15) is 9.00 Å². The van der Waals surface area contributed by atoms with Crippen molar-refractivity contribution in [3.63, 3.8) is 0 Å². The predicted octanol–water partition coefficient (Wildman–Crippen LogP) is 1.84. The molecule has 6 heteroatoms. The summed E-state index contributed by atoms with van der Waals surface area (Å²) in [4.78, 5) is 14.3. The van der Waals surface area contributed by atoms with Gasteiger partial charge in [0.2, 0.25) is 11.3 Å². The van der Waals surface area contributed by atoms with E-state index in [4.69, 9.17) is 4.55 Å². The van der Waals surface area contributed by atoms with E-state index in [0.717, 1.165) is 44.5 Å². The molecule has 2 rings (SSSR count). The molecule has 0 aliphatic carbocycles. The van der Waals surface area contributed by atoms with Crippen LogP contribution in [0.5, 0.6) is 0 Å². The summed E-state index contributed by atoms with van der Waals surface area (Å²) in [5, 5.41) is 0. The van der Waals surface area contributed by atoms with Crippen molar-refractivity contribution < 1.29 is 13.6 Å². The van der Waals surface area contributed by atoms with Gasteiger partial charge in [0.15, 0.2) is 5.78 Å². The van der Waals surface area contributed by atoms with Crippen molar-refractivity contribution >= 4 is 17.0 Å². The Labute approximate surface area is 128 Å². The van der Waals surface area contributed by atoms with Crippen LogP contribution in [0.2, 0.25) is 0 Å². The Hall–Kier alpha value is -1.08. The van der Waals surface area contributed by atoms with Gasteiger partial charge in [-0.3, -0.25) is 9.35 Å². The molecule has 1 heterocycles. The molecular weight excluding hydrogens is 288 g/mol. The normalized spacial score (nSPS) is 18.5. The van der Waals surface area contributed by atoms with Crippen LogP contribution in [-0.2, 0) is 11.3 Å². The van der Waals surface area contributed by atoms with Crippen LogP contribution in [-0.4, -0.2) is 45.1 Å². The quantitative estimate of drug-likeness (QED) is 0.595. The van der Waals surface area contributed by atoms with Crippen molar-refractivity contribution in [2.75, 3.05) is 19.6 Å². The van der Waals surface area contributed by atoms with Gasteiger partial charge in [0, 0.05) is 18.0 Å². The van der Waals surface area contributed by atoms with Crippen LogP contribution in [0.15, 0.2) is 30.3 Å². The van der Waals surface area contributed by atoms with Gasteiger partial charge >= 0.3 is 0 Å². The van der Waals surface area contributed by atoms with Crippen molar-refractivity contribution in [3.05, 3.63) is 35.9 Å². The Morgan fingerprint density at radius 3 is 2.57 bits per heavy atom. The maximum absolute atomic E-state index is 12.0. The molecule has 1 aliphatic rings. The Bertz CT molecular complexity index is 473. The van der Waals surface area contributed by atoms with Gasteiger partial charge in [-0.05, 0) is 38.9 Å². The highest BCUT2D eigenvalue weighted by Gasteiger charge is 2.19. The van der Waals surface area contributed by atoms with Crippen molar-refractivity contribution in [3.8, 4) is 0 Å². The number of Topliss-reactive ketones (excluding diaryl/α,β-unsaturated/α-hetero) is 1. The van der Waals surface area contributed by atoms with E-state index in [0.29, 0.717) is 6.42 Å². The number of hydrogen-bond donors (Lipinski definition) is 2. The highest BCUT2D eigenvalue weighted by molar-refractivity contribution is 7.77. The van der Waals surface area contributed by atoms with Crippen molar-refractivity contribution in [2.24, 2.45) is 0 Å². The summed E-state index contributed by atoms with van der Waals surface area (Å²) in [5.74, 6) is 0.197. The molecule has 1 aliphatic heterocycles. The molecule has 5 nitrogen and oxygen atoms in total. The lowest BCUT2D eigenvalue weighted by molar-refractivity contribution is 0.0972. The molecule has 21 heavy (non-hydrogen) atoms. The molecule has 1 aromatic carbocycles. The first kappa shape index (κ1) is 16.3. The van der Waals surface area contributed by atoms with Crippen molar-refractivity contribution in [1.29, 1.82) is 0 Å². The van der Waals surface area contributed by atoms with Gasteiger partial charge in [-0.1, -0.05) is 30.3 Å². The minimum absolute atomic E-state index is 0.123. The van der Waals surface area contributed by atoms with Gasteiger partial charge in [0.05, 0.1) is 0 Å². The number of carbonyl (C=O) groups is 1. The van der Waals surface area contributed by atoms with Gasteiger partial charge in [0.25, 0.3) is 0 Å². The average Bonchev–Trinajstić information content (AvgIpc) is 2.49. The zero-order valence-electron chi connectivity index (χ0n) is 12.0. The molecule has 2 N–H and O–H groups in total. The summed E-state index contributed by atoms with van der Waals surface area (Å²) >= 11 is -1.92. The van der Waals surface area contributed by atoms with Crippen molar-refractivity contribution in [1.82, 2.24) is 9.62 Å². The van der Waals surface area contributed by atoms with Crippen LogP contribution in [0.3, 0.4) is 0 Å². The van der Waals surface area contributed by atoms with Crippen LogP contribution in [0.4, 0.5) is 0 Å². The number of piperidine rings is 1. The van der Waals surface area contributed by atoms with E-state index >= 15 is 0 Å². The van der Waals surface area contributed by atoms with E-state index in [1.165, 1.54) is 0 Å². The molecule has 0 saturated carbocycles. The molecule has 0 bridgehead atoms. The van der Waals surface area contributed by atoms with Gasteiger partial charge < -0.3 is 4.90 Å². The number of hydrogen-bond acceptors (Lipinski definition) is 3. The maximum atomic E-state index is 12.0. The highest BCUT2D eigenvalue weighted by atomic mass is 32.2. The molecule has 116 valence electrons. The largest absolute Gasteiger partial charge is 0.303 e. The summed E-state index contributed by atoms with van der Waals surface area (Å²) in [6.45, 7) is 2.73. The molecule has 1 unspecified atom stereocenters. The molecule has 1 saturated heterocycles. The third kappa shape index (κ3) is 5.67. The van der Waals surface area contributed by atoms with Crippen LogP contribution in [0.25, 0.3) is 0 Å². The number of likely N-dealkylation sites (tertiary alicyclic amines) is 1. The summed E-state index contributed by atoms with van der Waals surface area (Å²) in [7, 11) is 0. The summed E-state index contributed by atoms with van der Waals surface area (Å²) in [5.41, 5.74) is 0.783. The molecule has 0 aromatic heterocycles. The van der Waals surface area contributed by atoms with Crippen molar-refractivity contribution in [2.45, 2.75) is 31.7 Å². The molecular formula is C15H22N2O3S. The van der Waals surface area contributed by atoms with Crippen LogP contribution in [0, 0.1) is 0 Å². The predicted molar refractivity (Wildman–Crippen MR) is 83.4 cm³/mol. The number of ketones is 1. The third-order valence-electron chi connectivity index (χ3n) is 3.83. The zero-order valence-corrected chi connectivity index (χ0v) is 12.8. The Balaban J connectivity index is 1.64. The lowest BCUT2D eigenvalue weighted by Gasteiger charge is -2.31. The molecule has 1 fully saturated rings. The second-order valence-electron chi connectivity index (χ2n) is 5.38. The summed E-state index contributed by atoms with van der Waals surface area (Å²) in [6, 6.07) is 9.52. The first-order chi connectivity index (χ1) is 10.1. The molecule has 0 amide bonds. The van der Waals surface area contributed by atoms with E-state index in [2.05, 4.69) is 9.62 Å². The van der Waals surface area contributed by atoms with Gasteiger partial charge in [-0.25, -0.2) is 8.93 Å². The number of nitrogens with zero attached hydrogens (tertiary/aromatic N) is 1. The van der Waals surface area contributed by atoms with Gasteiger partial charge in [-0.15, -0.1) is 0 Å². The third-order valence-corrected chi connectivity index (χ3v) is 4.36. The second-order valence-corrected chi connectivity index (χ2v) is 6.11. The smallest absolute Gasteiger partial charge is 0.231 e. The van der Waals surface area contributed by atoms with Crippen LogP contribution < -0.4 is 4.72 Å². The Kier molecular flexibility index (Phi) is 6.50. The molecule has 0 radical (unpaired) electrons.